The van der Waals surface area contributed by atoms with Crippen molar-refractivity contribution < 1.29 is 24.3 Å². The van der Waals surface area contributed by atoms with Crippen LogP contribution in [0.15, 0.2) is 11.6 Å². The molecule has 27 heavy (non-hydrogen) atoms. The highest BCUT2D eigenvalue weighted by atomic mass is 16.6. The largest absolute Gasteiger partial charge is 0.461 e. The van der Waals surface area contributed by atoms with Gasteiger partial charge in [-0.1, -0.05) is 25.5 Å². The van der Waals surface area contributed by atoms with Crippen LogP contribution in [0.3, 0.4) is 0 Å². The predicted molar refractivity (Wildman–Crippen MR) is 99.9 cm³/mol. The number of allylic oxidation sites excluding steroid dienone is 1. The number of hydrogen-bond acceptors (Lipinski definition) is 4. The molecule has 0 aromatic heterocycles. The second-order valence-electron chi connectivity index (χ2n) is 9.26. The summed E-state index contributed by atoms with van der Waals surface area (Å²) in [6.45, 7) is 9.92. The molecular formula is C21H33N2O4+. The van der Waals surface area contributed by atoms with E-state index in [-0.39, 0.29) is 35.2 Å². The number of quaternary nitrogens is 1. The zero-order valence-electron chi connectivity index (χ0n) is 16.7. The van der Waals surface area contributed by atoms with E-state index in [9.17, 15) is 14.7 Å². The number of aliphatic hydroxyl groups is 1. The summed E-state index contributed by atoms with van der Waals surface area (Å²) in [5, 5.41) is 11.4. The maximum absolute atomic E-state index is 12.7. The Balaban J connectivity index is 1.50. The first-order valence-electron chi connectivity index (χ1n) is 10.5. The van der Waals surface area contributed by atoms with Crippen LogP contribution in [-0.2, 0) is 14.3 Å². The van der Waals surface area contributed by atoms with Gasteiger partial charge in [-0.25, -0.2) is 0 Å². The zero-order chi connectivity index (χ0) is 19.3. The molecule has 4 rings (SSSR count). The minimum Gasteiger partial charge on any atom is -0.461 e. The zero-order valence-corrected chi connectivity index (χ0v) is 16.7. The molecule has 150 valence electrons. The predicted octanol–water partition coefficient (Wildman–Crippen LogP) is 0.0184. The van der Waals surface area contributed by atoms with E-state index < -0.39 is 6.10 Å². The average molecular weight is 378 g/mol. The monoisotopic (exact) mass is 377 g/mol. The molecule has 0 aromatic rings. The molecule has 2 N–H and O–H groups in total. The van der Waals surface area contributed by atoms with E-state index in [1.165, 1.54) is 10.5 Å². The van der Waals surface area contributed by atoms with Crippen LogP contribution >= 0.6 is 0 Å². The summed E-state index contributed by atoms with van der Waals surface area (Å²) in [6.07, 6.45) is 4.47. The summed E-state index contributed by atoms with van der Waals surface area (Å²) in [5.74, 6) is 0.0443. The number of nitrogens with one attached hydrogen (secondary N) is 1. The molecule has 0 spiro atoms. The number of hydrogen-bond donors (Lipinski definition) is 2. The molecule has 6 atom stereocenters. The van der Waals surface area contributed by atoms with E-state index >= 15 is 0 Å². The van der Waals surface area contributed by atoms with Crippen molar-refractivity contribution >= 4 is 11.9 Å². The molecule has 0 aromatic carbocycles. The van der Waals surface area contributed by atoms with Gasteiger partial charge in [0.1, 0.15) is 12.0 Å². The lowest BCUT2D eigenvalue weighted by Crippen LogP contribution is -3.15. The van der Waals surface area contributed by atoms with Gasteiger partial charge in [0.25, 0.3) is 0 Å². The first-order chi connectivity index (χ1) is 12.8. The van der Waals surface area contributed by atoms with E-state index in [1.807, 2.05) is 4.90 Å². The average Bonchev–Trinajstić information content (AvgIpc) is 2.94. The molecule has 0 bridgehead atoms. The maximum atomic E-state index is 12.7. The number of fused-ring (bicyclic) bond motifs is 2. The summed E-state index contributed by atoms with van der Waals surface area (Å²) in [7, 11) is 0. The van der Waals surface area contributed by atoms with Crippen LogP contribution in [0.25, 0.3) is 0 Å². The van der Waals surface area contributed by atoms with Gasteiger partial charge in [-0.05, 0) is 18.8 Å². The number of carbonyl (C=O) groups excluding carboxylic acids is 2. The van der Waals surface area contributed by atoms with Crippen LogP contribution in [0.2, 0.25) is 0 Å². The van der Waals surface area contributed by atoms with Gasteiger partial charge in [-0.2, -0.15) is 0 Å². The molecule has 2 saturated heterocycles. The highest BCUT2D eigenvalue weighted by molar-refractivity contribution is 5.76. The topological polar surface area (TPSA) is 71.3 Å². The smallest absolute Gasteiger partial charge is 0.315 e. The Hall–Kier alpha value is -1.40. The molecule has 1 amide bonds. The Kier molecular flexibility index (Phi) is 4.83. The Morgan fingerprint density at radius 1 is 1.41 bits per heavy atom. The van der Waals surface area contributed by atoms with Gasteiger partial charge < -0.3 is 19.6 Å². The lowest BCUT2D eigenvalue weighted by Gasteiger charge is -2.51. The van der Waals surface area contributed by atoms with Gasteiger partial charge in [0.2, 0.25) is 5.91 Å². The molecule has 2 aliphatic carbocycles. The van der Waals surface area contributed by atoms with Gasteiger partial charge in [0.15, 0.2) is 0 Å². The third kappa shape index (κ3) is 3.01. The Bertz CT molecular complexity index is 655. The molecule has 6 heteroatoms. The highest BCUT2D eigenvalue weighted by Gasteiger charge is 2.60. The minimum atomic E-state index is -0.535. The van der Waals surface area contributed by atoms with Gasteiger partial charge in [0, 0.05) is 24.7 Å². The number of carbonyl (C=O) groups is 2. The summed E-state index contributed by atoms with van der Waals surface area (Å²) in [4.78, 5) is 27.4. The molecule has 6 nitrogen and oxygen atoms in total. The standard InChI is InChI=1S/C21H32N2O4/c1-13-5-4-6-15-11-17-18(19(25)21(13,15)3)16(20(26)27-17)12-22-7-9-23(10-8-22)14(2)24/h6,13,16-19,25H,4-5,7-12H2,1-3H3/p+1/t13-,16-,17+,18+,19-,21+/m0/s1. The summed E-state index contributed by atoms with van der Waals surface area (Å²) >= 11 is 0. The number of esters is 1. The number of aliphatic hydroxyl groups excluding tert-OH is 1. The van der Waals surface area contributed by atoms with Crippen molar-refractivity contribution in [3.8, 4) is 0 Å². The van der Waals surface area contributed by atoms with Crippen LogP contribution < -0.4 is 4.90 Å². The van der Waals surface area contributed by atoms with Crippen molar-refractivity contribution in [1.82, 2.24) is 4.90 Å². The molecule has 2 heterocycles. The fourth-order valence-electron chi connectivity index (χ4n) is 5.95. The normalized spacial score (nSPS) is 42.2. The molecule has 2 aliphatic heterocycles. The number of ether oxygens (including phenoxy) is 1. The van der Waals surface area contributed by atoms with Crippen molar-refractivity contribution in [1.29, 1.82) is 0 Å². The Morgan fingerprint density at radius 2 is 2.11 bits per heavy atom. The summed E-state index contributed by atoms with van der Waals surface area (Å²) < 4.78 is 5.76. The van der Waals surface area contributed by atoms with Gasteiger partial charge in [-0.3, -0.25) is 9.59 Å². The van der Waals surface area contributed by atoms with E-state index in [0.717, 1.165) is 45.4 Å². The quantitative estimate of drug-likeness (QED) is 0.526. The number of nitrogens with zero attached hydrogens (tertiary/aromatic N) is 1. The maximum Gasteiger partial charge on any atom is 0.315 e. The van der Waals surface area contributed by atoms with Crippen LogP contribution in [0.4, 0.5) is 0 Å². The number of rotatable bonds is 2. The van der Waals surface area contributed by atoms with Crippen molar-refractivity contribution in [3.63, 3.8) is 0 Å². The van der Waals surface area contributed by atoms with Gasteiger partial charge in [0.05, 0.1) is 38.8 Å². The van der Waals surface area contributed by atoms with Gasteiger partial charge >= 0.3 is 5.97 Å². The Morgan fingerprint density at radius 3 is 2.78 bits per heavy atom. The third-order valence-corrected chi connectivity index (χ3v) is 7.99. The molecule has 3 fully saturated rings. The molecular weight excluding hydrogens is 344 g/mol. The first-order valence-corrected chi connectivity index (χ1v) is 10.5. The molecule has 0 radical (unpaired) electrons. The van der Waals surface area contributed by atoms with E-state index in [2.05, 4.69) is 19.9 Å². The molecule has 4 aliphatic rings. The van der Waals surface area contributed by atoms with Crippen LogP contribution in [0.5, 0.6) is 0 Å². The van der Waals surface area contributed by atoms with Crippen LogP contribution in [0, 0.1) is 23.2 Å². The lowest BCUT2D eigenvalue weighted by molar-refractivity contribution is -0.906. The minimum absolute atomic E-state index is 0.112. The van der Waals surface area contributed by atoms with Crippen molar-refractivity contribution in [2.45, 2.75) is 52.2 Å². The SMILES string of the molecule is CC(=O)N1CC[NH+](C[C@@H]2C(=O)O[C@@H]3CC4=CCC[C@H](C)[C@@]4(C)[C@@H](O)[C@H]23)CC1. The van der Waals surface area contributed by atoms with Gasteiger partial charge in [-0.15, -0.1) is 0 Å². The number of piperazine rings is 1. The van der Waals surface area contributed by atoms with Crippen LogP contribution in [-0.4, -0.2) is 66.8 Å². The summed E-state index contributed by atoms with van der Waals surface area (Å²) in [5.41, 5.74) is 1.04. The van der Waals surface area contributed by atoms with Crippen molar-refractivity contribution in [2.24, 2.45) is 23.2 Å². The molecule has 1 saturated carbocycles. The van der Waals surface area contributed by atoms with E-state index in [0.29, 0.717) is 12.5 Å². The van der Waals surface area contributed by atoms with Crippen molar-refractivity contribution in [2.75, 3.05) is 32.7 Å². The van der Waals surface area contributed by atoms with E-state index in [1.54, 1.807) is 6.92 Å². The fraction of sp³-hybridized carbons (Fsp3) is 0.810. The van der Waals surface area contributed by atoms with E-state index in [4.69, 9.17) is 4.74 Å². The second kappa shape index (κ2) is 6.89. The first kappa shape index (κ1) is 18.9. The van der Waals surface area contributed by atoms with Crippen molar-refractivity contribution in [3.05, 3.63) is 11.6 Å². The molecule has 0 unspecified atom stereocenters. The highest BCUT2D eigenvalue weighted by Crippen LogP contribution is 2.55. The third-order valence-electron chi connectivity index (χ3n) is 7.99. The number of amides is 1. The fourth-order valence-corrected chi connectivity index (χ4v) is 5.95. The lowest BCUT2D eigenvalue weighted by atomic mass is 9.55. The second-order valence-corrected chi connectivity index (χ2v) is 9.26. The Labute approximate surface area is 161 Å². The van der Waals surface area contributed by atoms with Crippen LogP contribution in [0.1, 0.15) is 40.0 Å². The summed E-state index contributed by atoms with van der Waals surface area (Å²) in [6, 6.07) is 0.